The van der Waals surface area contributed by atoms with Gasteiger partial charge in [-0.1, -0.05) is 0 Å². The first-order chi connectivity index (χ1) is 17.6. The summed E-state index contributed by atoms with van der Waals surface area (Å²) < 4.78 is 67.6. The number of nitrogens with zero attached hydrogens (tertiary/aromatic N) is 3. The van der Waals surface area contributed by atoms with Crippen molar-refractivity contribution in [3.05, 3.63) is 47.8 Å². The van der Waals surface area contributed by atoms with E-state index in [1.54, 1.807) is 66.2 Å². The second-order valence-corrected chi connectivity index (χ2v) is 13.8. The summed E-state index contributed by atoms with van der Waals surface area (Å²) in [5.41, 5.74) is 1.31. The molecule has 0 amide bonds. The van der Waals surface area contributed by atoms with Crippen molar-refractivity contribution in [3.63, 3.8) is 0 Å². The van der Waals surface area contributed by atoms with Gasteiger partial charge >= 0.3 is 0 Å². The maximum absolute atomic E-state index is 13.6. The van der Waals surface area contributed by atoms with Gasteiger partial charge in [-0.15, -0.1) is 0 Å². The Morgan fingerprint density at radius 1 is 0.946 bits per heavy atom. The van der Waals surface area contributed by atoms with Gasteiger partial charge in [-0.3, -0.25) is 4.98 Å². The molecule has 1 aromatic carbocycles. The van der Waals surface area contributed by atoms with Crippen molar-refractivity contribution < 1.29 is 26.3 Å². The molecular weight excluding hydrogens is 514 g/mol. The average molecular weight is 552 g/mol. The zero-order chi connectivity index (χ0) is 26.6. The quantitative estimate of drug-likeness (QED) is 0.445. The Balaban J connectivity index is 1.32. The van der Waals surface area contributed by atoms with Gasteiger partial charge in [0.2, 0.25) is 20.0 Å². The molecule has 2 saturated heterocycles. The lowest BCUT2D eigenvalue weighted by molar-refractivity contribution is 0.135. The Bertz CT molecular complexity index is 1250. The van der Waals surface area contributed by atoms with Crippen LogP contribution in [-0.2, 0) is 20.0 Å². The number of hydrogen-bond acceptors (Lipinski definition) is 7. The largest absolute Gasteiger partial charge is 0.497 e. The monoisotopic (exact) mass is 551 g/mol. The standard InChI is InChI=1S/C26H37N3O6S2/c1-20-18-25(34-3)19-21(2)26(20)37(32,33)29-14-4-6-22(29)7-5-17-36(30,31)28-15-10-24(11-16-28)35-23-8-12-27-13-9-23/h8-9,12-13,18-19,22,24H,4-7,10-11,14-17H2,1-3H3. The maximum atomic E-state index is 13.6. The minimum atomic E-state index is -3.69. The van der Waals surface area contributed by atoms with Gasteiger partial charge in [0.15, 0.2) is 0 Å². The highest BCUT2D eigenvalue weighted by atomic mass is 32.2. The van der Waals surface area contributed by atoms with Gasteiger partial charge in [0.05, 0.1) is 17.8 Å². The Morgan fingerprint density at radius 2 is 1.59 bits per heavy atom. The molecule has 2 aliphatic rings. The first kappa shape index (κ1) is 27.8. The molecule has 0 bridgehead atoms. The highest BCUT2D eigenvalue weighted by Gasteiger charge is 2.37. The van der Waals surface area contributed by atoms with Crippen LogP contribution in [0.2, 0.25) is 0 Å². The summed E-state index contributed by atoms with van der Waals surface area (Å²) in [7, 11) is -5.54. The molecule has 37 heavy (non-hydrogen) atoms. The molecule has 204 valence electrons. The van der Waals surface area contributed by atoms with Crippen molar-refractivity contribution in [2.45, 2.75) is 69.4 Å². The summed E-state index contributed by atoms with van der Waals surface area (Å²) in [5, 5.41) is 0. The molecule has 11 heteroatoms. The van der Waals surface area contributed by atoms with Crippen LogP contribution in [0.3, 0.4) is 0 Å². The van der Waals surface area contributed by atoms with E-state index >= 15 is 0 Å². The fraction of sp³-hybridized carbons (Fsp3) is 0.577. The summed E-state index contributed by atoms with van der Waals surface area (Å²) in [5.74, 6) is 1.39. The molecule has 1 unspecified atom stereocenters. The van der Waals surface area contributed by atoms with E-state index in [-0.39, 0.29) is 17.9 Å². The highest BCUT2D eigenvalue weighted by molar-refractivity contribution is 7.89. The third-order valence-corrected chi connectivity index (χ3v) is 11.5. The van der Waals surface area contributed by atoms with Gasteiger partial charge in [-0.25, -0.2) is 21.1 Å². The molecule has 0 radical (unpaired) electrons. The maximum Gasteiger partial charge on any atom is 0.243 e. The van der Waals surface area contributed by atoms with Crippen LogP contribution in [0.1, 0.15) is 49.7 Å². The molecule has 2 aliphatic heterocycles. The molecule has 0 N–H and O–H groups in total. The number of methoxy groups -OCH3 is 1. The summed E-state index contributed by atoms with van der Waals surface area (Å²) in [6.45, 7) is 4.88. The molecule has 0 aliphatic carbocycles. The molecule has 4 rings (SSSR count). The Kier molecular flexibility index (Phi) is 8.77. The van der Waals surface area contributed by atoms with E-state index in [4.69, 9.17) is 9.47 Å². The number of rotatable bonds is 10. The van der Waals surface area contributed by atoms with Crippen LogP contribution in [-0.4, -0.2) is 75.1 Å². The van der Waals surface area contributed by atoms with Crippen LogP contribution in [0.15, 0.2) is 41.6 Å². The molecule has 1 atom stereocenters. The lowest BCUT2D eigenvalue weighted by Gasteiger charge is -2.31. The molecule has 0 saturated carbocycles. The van der Waals surface area contributed by atoms with Crippen LogP contribution in [0.25, 0.3) is 0 Å². The fourth-order valence-electron chi connectivity index (χ4n) is 5.43. The van der Waals surface area contributed by atoms with Gasteiger partial charge in [0.1, 0.15) is 17.6 Å². The van der Waals surface area contributed by atoms with Gasteiger partial charge in [-0.05, 0) is 87.8 Å². The second-order valence-electron chi connectivity index (χ2n) is 9.86. The number of sulfonamides is 2. The van der Waals surface area contributed by atoms with E-state index in [2.05, 4.69) is 4.98 Å². The third kappa shape index (κ3) is 6.45. The van der Waals surface area contributed by atoms with E-state index in [1.165, 1.54) is 0 Å². The van der Waals surface area contributed by atoms with Crippen molar-refractivity contribution in [1.29, 1.82) is 0 Å². The lowest BCUT2D eigenvalue weighted by Crippen LogP contribution is -2.43. The fourth-order valence-corrected chi connectivity index (χ4v) is 9.13. The van der Waals surface area contributed by atoms with Crippen LogP contribution in [0.4, 0.5) is 0 Å². The lowest BCUT2D eigenvalue weighted by atomic mass is 10.1. The minimum Gasteiger partial charge on any atom is -0.497 e. The third-order valence-electron chi connectivity index (χ3n) is 7.25. The van der Waals surface area contributed by atoms with Crippen molar-refractivity contribution in [2.75, 3.05) is 32.5 Å². The van der Waals surface area contributed by atoms with Crippen molar-refractivity contribution >= 4 is 20.0 Å². The summed E-state index contributed by atoms with van der Waals surface area (Å²) in [4.78, 5) is 4.30. The zero-order valence-electron chi connectivity index (χ0n) is 21.8. The number of pyridine rings is 1. The number of hydrogen-bond donors (Lipinski definition) is 0. The molecule has 1 aromatic heterocycles. The van der Waals surface area contributed by atoms with Crippen molar-refractivity contribution in [1.82, 2.24) is 13.6 Å². The van der Waals surface area contributed by atoms with E-state index in [9.17, 15) is 16.8 Å². The normalized spacial score (nSPS) is 20.2. The summed E-state index contributed by atoms with van der Waals surface area (Å²) in [6.07, 6.45) is 7.06. The Hall–Kier alpha value is -2.21. The van der Waals surface area contributed by atoms with Crippen LogP contribution >= 0.6 is 0 Å². The summed E-state index contributed by atoms with van der Waals surface area (Å²) >= 11 is 0. The molecule has 2 aromatic rings. The second kappa shape index (κ2) is 11.7. The van der Waals surface area contributed by atoms with Crippen molar-refractivity contribution in [3.8, 4) is 11.5 Å². The van der Waals surface area contributed by atoms with Gasteiger partial charge in [-0.2, -0.15) is 4.31 Å². The Labute approximate surface area is 220 Å². The number of ether oxygens (including phenoxy) is 2. The number of aryl methyl sites for hydroxylation is 2. The molecule has 3 heterocycles. The predicted octanol–water partition coefficient (Wildman–Crippen LogP) is 3.51. The predicted molar refractivity (Wildman–Crippen MR) is 142 cm³/mol. The van der Waals surface area contributed by atoms with E-state index in [1.807, 2.05) is 0 Å². The molecule has 0 spiro atoms. The van der Waals surface area contributed by atoms with E-state index in [0.29, 0.717) is 67.1 Å². The number of aromatic nitrogens is 1. The highest BCUT2D eigenvalue weighted by Crippen LogP contribution is 2.33. The van der Waals surface area contributed by atoms with Gasteiger partial charge in [0.25, 0.3) is 0 Å². The van der Waals surface area contributed by atoms with Crippen LogP contribution in [0, 0.1) is 13.8 Å². The average Bonchev–Trinajstić information content (AvgIpc) is 3.34. The van der Waals surface area contributed by atoms with Crippen LogP contribution in [0.5, 0.6) is 11.5 Å². The first-order valence-corrected chi connectivity index (χ1v) is 15.9. The van der Waals surface area contributed by atoms with Crippen LogP contribution < -0.4 is 9.47 Å². The van der Waals surface area contributed by atoms with Gasteiger partial charge < -0.3 is 9.47 Å². The zero-order valence-corrected chi connectivity index (χ0v) is 23.4. The molecular formula is C26H37N3O6S2. The minimum absolute atomic E-state index is 0.0176. The molecule has 9 nitrogen and oxygen atoms in total. The van der Waals surface area contributed by atoms with Crippen molar-refractivity contribution in [2.24, 2.45) is 0 Å². The number of piperidine rings is 1. The first-order valence-electron chi connectivity index (χ1n) is 12.8. The topological polar surface area (TPSA) is 106 Å². The number of benzene rings is 1. The van der Waals surface area contributed by atoms with E-state index < -0.39 is 20.0 Å². The smallest absolute Gasteiger partial charge is 0.243 e. The van der Waals surface area contributed by atoms with E-state index in [0.717, 1.165) is 18.6 Å². The summed E-state index contributed by atoms with van der Waals surface area (Å²) in [6, 6.07) is 6.88. The van der Waals surface area contributed by atoms with Gasteiger partial charge in [0, 0.05) is 38.1 Å². The molecule has 2 fully saturated rings. The SMILES string of the molecule is COc1cc(C)c(S(=O)(=O)N2CCCC2CCCS(=O)(=O)N2CCC(Oc3ccncc3)CC2)c(C)c1. The Morgan fingerprint density at radius 3 is 2.22 bits per heavy atom.